The van der Waals surface area contributed by atoms with Crippen LogP contribution in [-0.2, 0) is 28.1 Å². The fraction of sp³-hybridized carbons (Fsp3) is 0.304. The van der Waals surface area contributed by atoms with E-state index in [0.717, 1.165) is 51.7 Å². The van der Waals surface area contributed by atoms with Crippen LogP contribution in [0.3, 0.4) is 0 Å². The molecular formula is C23H24N2O3S2. The lowest BCUT2D eigenvalue weighted by atomic mass is 10.1. The number of nitrogens with zero attached hydrogens (tertiary/aromatic N) is 1. The molecule has 0 fully saturated rings. The van der Waals surface area contributed by atoms with Crippen LogP contribution in [0.2, 0.25) is 0 Å². The van der Waals surface area contributed by atoms with Gasteiger partial charge in [-0.1, -0.05) is 25.1 Å². The molecule has 4 rings (SSSR count). The maximum absolute atomic E-state index is 13.0. The van der Waals surface area contributed by atoms with E-state index in [1.54, 1.807) is 11.3 Å². The Bertz CT molecular complexity index is 1070. The first-order chi connectivity index (χ1) is 14.6. The molecule has 1 aromatic carbocycles. The van der Waals surface area contributed by atoms with E-state index in [1.807, 2.05) is 72.9 Å². The molecule has 2 aromatic heterocycles. The summed E-state index contributed by atoms with van der Waals surface area (Å²) in [7, 11) is 0. The van der Waals surface area contributed by atoms with Gasteiger partial charge in [0.2, 0.25) is 0 Å². The van der Waals surface area contributed by atoms with Crippen LogP contribution in [0.4, 0.5) is 5.69 Å². The average molecular weight is 441 g/mol. The number of carbonyl (C=O) groups is 2. The lowest BCUT2D eigenvalue weighted by molar-refractivity contribution is -0.119. The number of thioether (sulfide) groups is 1. The summed E-state index contributed by atoms with van der Waals surface area (Å²) in [4.78, 5) is 26.8. The second-order valence-corrected chi connectivity index (χ2v) is 9.35. The third-order valence-electron chi connectivity index (χ3n) is 5.18. The summed E-state index contributed by atoms with van der Waals surface area (Å²) in [6, 6.07) is 9.80. The van der Waals surface area contributed by atoms with Crippen LogP contribution in [0.5, 0.6) is 0 Å². The highest BCUT2D eigenvalue weighted by atomic mass is 32.2. The highest BCUT2D eigenvalue weighted by molar-refractivity contribution is 7.98. The number of aryl methyl sites for hydroxylation is 2. The predicted molar refractivity (Wildman–Crippen MR) is 123 cm³/mol. The third-order valence-corrected chi connectivity index (χ3v) is 7.60. The van der Waals surface area contributed by atoms with Gasteiger partial charge < -0.3 is 14.6 Å². The van der Waals surface area contributed by atoms with Crippen molar-refractivity contribution in [3.8, 4) is 5.00 Å². The van der Waals surface area contributed by atoms with Gasteiger partial charge >= 0.3 is 5.97 Å². The topological polar surface area (TPSA) is 60.3 Å². The molecule has 3 aromatic rings. The van der Waals surface area contributed by atoms with Gasteiger partial charge in [0, 0.05) is 28.7 Å². The van der Waals surface area contributed by atoms with E-state index in [4.69, 9.17) is 4.74 Å². The summed E-state index contributed by atoms with van der Waals surface area (Å²) in [6.45, 7) is 3.70. The summed E-state index contributed by atoms with van der Waals surface area (Å²) >= 11 is 3.51. The number of carbonyl (C=O) groups excluding carboxylic acids is 2. The molecule has 0 saturated carbocycles. The molecule has 0 bridgehead atoms. The number of anilines is 1. The van der Waals surface area contributed by atoms with Gasteiger partial charge in [-0.15, -0.1) is 11.3 Å². The highest BCUT2D eigenvalue weighted by Crippen LogP contribution is 2.38. The maximum Gasteiger partial charge on any atom is 0.341 e. The Kier molecular flexibility index (Phi) is 6.29. The lowest BCUT2D eigenvalue weighted by Crippen LogP contribution is -2.23. The molecule has 30 heavy (non-hydrogen) atoms. The van der Waals surface area contributed by atoms with Crippen molar-refractivity contribution in [1.82, 2.24) is 4.57 Å². The molecule has 0 aliphatic carbocycles. The number of aromatic nitrogens is 1. The zero-order valence-corrected chi connectivity index (χ0v) is 18.7. The van der Waals surface area contributed by atoms with Crippen molar-refractivity contribution >= 4 is 40.7 Å². The van der Waals surface area contributed by atoms with Crippen LogP contribution in [0.25, 0.3) is 5.00 Å². The predicted octanol–water partition coefficient (Wildman–Crippen LogP) is 4.99. The molecule has 5 nitrogen and oxygen atoms in total. The van der Waals surface area contributed by atoms with Gasteiger partial charge in [-0.25, -0.2) is 4.79 Å². The summed E-state index contributed by atoms with van der Waals surface area (Å²) < 4.78 is 7.42. The zero-order chi connectivity index (χ0) is 21.1. The van der Waals surface area contributed by atoms with E-state index >= 15 is 0 Å². The number of nitrogens with one attached hydrogen (secondary N) is 1. The Morgan fingerprint density at radius 1 is 1.20 bits per heavy atom. The summed E-state index contributed by atoms with van der Waals surface area (Å²) in [5, 5.41) is 3.78. The van der Waals surface area contributed by atoms with Crippen LogP contribution >= 0.6 is 23.1 Å². The number of esters is 1. The molecular weight excluding hydrogens is 416 g/mol. The number of para-hydroxylation sites is 1. The number of hydrogen-bond acceptors (Lipinski definition) is 5. The van der Waals surface area contributed by atoms with Gasteiger partial charge in [-0.05, 0) is 54.3 Å². The first-order valence-corrected chi connectivity index (χ1v) is 12.0. The monoisotopic (exact) mass is 440 g/mol. The van der Waals surface area contributed by atoms with Gasteiger partial charge in [0.25, 0.3) is 5.91 Å². The molecule has 156 valence electrons. The van der Waals surface area contributed by atoms with E-state index in [1.165, 1.54) is 4.88 Å². The number of thiophene rings is 1. The second-order valence-electron chi connectivity index (χ2n) is 7.16. The number of ether oxygens (including phenoxy) is 1. The minimum atomic E-state index is -0.432. The molecule has 0 spiro atoms. The van der Waals surface area contributed by atoms with Crippen molar-refractivity contribution < 1.29 is 14.3 Å². The van der Waals surface area contributed by atoms with Crippen molar-refractivity contribution in [3.63, 3.8) is 0 Å². The third kappa shape index (κ3) is 4.18. The van der Waals surface area contributed by atoms with Crippen molar-refractivity contribution in [2.75, 3.05) is 17.7 Å². The van der Waals surface area contributed by atoms with Crippen molar-refractivity contribution in [3.05, 3.63) is 69.9 Å². The van der Waals surface area contributed by atoms with Gasteiger partial charge in [0.15, 0.2) is 6.61 Å². The molecule has 0 saturated heterocycles. The lowest BCUT2D eigenvalue weighted by Gasteiger charge is -2.14. The van der Waals surface area contributed by atoms with Crippen LogP contribution in [0, 0.1) is 6.92 Å². The van der Waals surface area contributed by atoms with Gasteiger partial charge in [0.05, 0.1) is 5.56 Å². The number of amides is 1. The van der Waals surface area contributed by atoms with E-state index in [9.17, 15) is 9.59 Å². The van der Waals surface area contributed by atoms with Crippen molar-refractivity contribution in [2.45, 2.75) is 32.4 Å². The first kappa shape index (κ1) is 20.8. The van der Waals surface area contributed by atoms with Crippen LogP contribution in [-0.4, -0.2) is 28.8 Å². The second kappa shape index (κ2) is 9.10. The quantitative estimate of drug-likeness (QED) is 0.548. The number of hydrogen-bond donors (Lipinski definition) is 1. The SMILES string of the molecule is CCc1cccc(C)c1NC(=O)COC(=O)c1c(-n2cccc2)sc2c1CCSC2. The molecule has 0 atom stereocenters. The fourth-order valence-corrected chi connectivity index (χ4v) is 6.10. The van der Waals surface area contributed by atoms with Gasteiger partial charge in [-0.3, -0.25) is 4.79 Å². The molecule has 7 heteroatoms. The zero-order valence-electron chi connectivity index (χ0n) is 17.1. The molecule has 0 unspecified atom stereocenters. The minimum Gasteiger partial charge on any atom is -0.452 e. The van der Waals surface area contributed by atoms with E-state index in [-0.39, 0.29) is 12.5 Å². The van der Waals surface area contributed by atoms with Crippen LogP contribution in [0.1, 0.15) is 38.8 Å². The molecule has 0 radical (unpaired) electrons. The molecule has 1 aliphatic rings. The smallest absolute Gasteiger partial charge is 0.341 e. The maximum atomic E-state index is 13.0. The Morgan fingerprint density at radius 3 is 2.77 bits per heavy atom. The standard InChI is InChI=1S/C23H24N2O3S2/c1-3-16-8-6-7-15(2)21(16)24-19(26)13-28-23(27)20-17-9-12-29-14-18(17)30-22(20)25-10-4-5-11-25/h4-8,10-11H,3,9,12-14H2,1-2H3,(H,24,26). The van der Waals surface area contributed by atoms with E-state index in [2.05, 4.69) is 5.32 Å². The Morgan fingerprint density at radius 2 is 2.00 bits per heavy atom. The normalized spacial score (nSPS) is 13.0. The minimum absolute atomic E-state index is 0.305. The van der Waals surface area contributed by atoms with E-state index in [0.29, 0.717) is 5.56 Å². The number of rotatable bonds is 6. The summed E-state index contributed by atoms with van der Waals surface area (Å²) in [5.74, 6) is 1.14. The number of benzene rings is 1. The number of fused-ring (bicyclic) bond motifs is 1. The van der Waals surface area contributed by atoms with Crippen molar-refractivity contribution in [2.24, 2.45) is 0 Å². The Hall–Kier alpha value is -2.51. The van der Waals surface area contributed by atoms with E-state index < -0.39 is 5.97 Å². The Balaban J connectivity index is 1.51. The average Bonchev–Trinajstić information content (AvgIpc) is 3.41. The largest absolute Gasteiger partial charge is 0.452 e. The van der Waals surface area contributed by atoms with Crippen LogP contribution in [0.15, 0.2) is 42.7 Å². The summed E-state index contributed by atoms with van der Waals surface area (Å²) in [6.07, 6.45) is 5.52. The highest BCUT2D eigenvalue weighted by Gasteiger charge is 2.27. The van der Waals surface area contributed by atoms with Gasteiger partial charge in [0.1, 0.15) is 5.00 Å². The molecule has 1 amide bonds. The van der Waals surface area contributed by atoms with Crippen molar-refractivity contribution in [1.29, 1.82) is 0 Å². The molecule has 1 aliphatic heterocycles. The Labute approximate surface area is 184 Å². The molecule has 1 N–H and O–H groups in total. The molecule has 3 heterocycles. The van der Waals surface area contributed by atoms with Crippen LogP contribution < -0.4 is 5.32 Å². The first-order valence-electron chi connectivity index (χ1n) is 9.99. The fourth-order valence-electron chi connectivity index (χ4n) is 3.66. The summed E-state index contributed by atoms with van der Waals surface area (Å²) in [5.41, 5.74) is 4.53. The van der Waals surface area contributed by atoms with Gasteiger partial charge in [-0.2, -0.15) is 11.8 Å².